The SMILES string of the molecule is C[C@@H](Nc1nc(C(=N)NC(=O)O)nc2nc(N3CCOC[C@@H]3c3ccccc3)n(C[C@H]3CC[C@H](C)CC3)c12)C1CCC1. The van der Waals surface area contributed by atoms with Gasteiger partial charge in [-0.1, -0.05) is 56.5 Å². The van der Waals surface area contributed by atoms with E-state index in [2.05, 4.69) is 63.2 Å². The van der Waals surface area contributed by atoms with Crippen molar-refractivity contribution in [3.05, 3.63) is 41.7 Å². The summed E-state index contributed by atoms with van der Waals surface area (Å²) in [4.78, 5) is 28.2. The fraction of sp³-hybridized carbons (Fsp3) is 0.581. The van der Waals surface area contributed by atoms with E-state index in [4.69, 9.17) is 20.1 Å². The van der Waals surface area contributed by atoms with Crippen LogP contribution in [-0.4, -0.2) is 62.4 Å². The van der Waals surface area contributed by atoms with Gasteiger partial charge in [-0.05, 0) is 55.9 Å². The van der Waals surface area contributed by atoms with Crippen molar-refractivity contribution >= 4 is 34.9 Å². The molecule has 0 radical (unpaired) electrons. The van der Waals surface area contributed by atoms with Crippen molar-refractivity contribution in [3.8, 4) is 0 Å². The summed E-state index contributed by atoms with van der Waals surface area (Å²) in [5.41, 5.74) is 2.45. The Morgan fingerprint density at radius 1 is 1.12 bits per heavy atom. The summed E-state index contributed by atoms with van der Waals surface area (Å²) < 4.78 is 8.26. The molecule has 0 bridgehead atoms. The predicted octanol–water partition coefficient (Wildman–Crippen LogP) is 5.42. The standard InChI is InChI=1S/C31H42N8O3/c1-19-11-13-21(14-12-19)17-39-25-27(33-20(2)22-9-6-10-22)35-29(26(32)34-31(40)41)36-28(25)37-30(39)38-15-16-42-18-24(38)23-7-4-3-5-8-23/h3-5,7-8,19-22,24H,6,9-18H2,1-2H3,(H2,32,34)(H,40,41)(H,33,35,36)/t19-,20-,21-,24-/m1/s1. The number of aromatic nitrogens is 4. The molecule has 3 aliphatic rings. The number of amides is 1. The molecule has 3 aromatic rings. The number of nitrogens with one attached hydrogen (secondary N) is 3. The first-order valence-corrected chi connectivity index (χ1v) is 15.4. The van der Waals surface area contributed by atoms with Gasteiger partial charge in [-0.2, -0.15) is 4.98 Å². The maximum Gasteiger partial charge on any atom is 0.410 e. The number of anilines is 2. The van der Waals surface area contributed by atoms with Gasteiger partial charge in [0.05, 0.1) is 19.3 Å². The second-order valence-corrected chi connectivity index (χ2v) is 12.3. The van der Waals surface area contributed by atoms with E-state index < -0.39 is 6.09 Å². The molecule has 2 saturated carbocycles. The zero-order valence-electron chi connectivity index (χ0n) is 24.6. The lowest BCUT2D eigenvalue weighted by molar-refractivity contribution is 0.0927. The quantitative estimate of drug-likeness (QED) is 0.206. The van der Waals surface area contributed by atoms with Crippen LogP contribution in [0, 0.1) is 23.2 Å². The Labute approximate surface area is 246 Å². The Morgan fingerprint density at radius 3 is 2.57 bits per heavy atom. The maximum atomic E-state index is 11.4. The fourth-order valence-corrected chi connectivity index (χ4v) is 6.63. The Bertz CT molecular complexity index is 1410. The lowest BCUT2D eigenvalue weighted by Crippen LogP contribution is -2.41. The maximum absolute atomic E-state index is 11.4. The first-order valence-electron chi connectivity index (χ1n) is 15.4. The van der Waals surface area contributed by atoms with Crippen molar-refractivity contribution in [1.29, 1.82) is 5.41 Å². The average molecular weight is 575 g/mol. The van der Waals surface area contributed by atoms with Gasteiger partial charge in [-0.15, -0.1) is 0 Å². The molecule has 0 spiro atoms. The van der Waals surface area contributed by atoms with Crippen LogP contribution in [0.25, 0.3) is 11.2 Å². The molecule has 4 N–H and O–H groups in total. The first kappa shape index (κ1) is 28.4. The molecule has 1 aromatic carbocycles. The van der Waals surface area contributed by atoms with E-state index in [0.717, 1.165) is 23.9 Å². The highest BCUT2D eigenvalue weighted by molar-refractivity contribution is 6.03. The number of carbonyl (C=O) groups is 1. The lowest BCUT2D eigenvalue weighted by atomic mass is 9.80. The molecule has 11 nitrogen and oxygen atoms in total. The summed E-state index contributed by atoms with van der Waals surface area (Å²) in [5, 5.41) is 23.4. The van der Waals surface area contributed by atoms with Crippen LogP contribution < -0.4 is 15.5 Å². The molecule has 2 atom stereocenters. The molecule has 2 aromatic heterocycles. The van der Waals surface area contributed by atoms with E-state index in [1.165, 1.54) is 50.5 Å². The minimum absolute atomic E-state index is 0.00777. The highest BCUT2D eigenvalue weighted by atomic mass is 16.5. The van der Waals surface area contributed by atoms with Crippen LogP contribution in [0.3, 0.4) is 0 Å². The number of morpholine rings is 1. The smallest absolute Gasteiger partial charge is 0.410 e. The summed E-state index contributed by atoms with van der Waals surface area (Å²) in [5.74, 6) is 2.89. The van der Waals surface area contributed by atoms with Crippen LogP contribution in [0.1, 0.15) is 76.2 Å². The third kappa shape index (κ3) is 5.92. The molecular weight excluding hydrogens is 532 g/mol. The number of ether oxygens (including phenoxy) is 1. The van der Waals surface area contributed by atoms with E-state index in [1.54, 1.807) is 0 Å². The summed E-state index contributed by atoms with van der Waals surface area (Å²) in [7, 11) is 0. The Hall–Kier alpha value is -3.73. The molecule has 2 aliphatic carbocycles. The van der Waals surface area contributed by atoms with Gasteiger partial charge >= 0.3 is 6.09 Å². The van der Waals surface area contributed by atoms with Gasteiger partial charge in [-0.3, -0.25) is 10.7 Å². The average Bonchev–Trinajstić information content (AvgIpc) is 3.31. The van der Waals surface area contributed by atoms with Crippen molar-refractivity contribution in [2.45, 2.75) is 77.4 Å². The van der Waals surface area contributed by atoms with Gasteiger partial charge in [0.1, 0.15) is 5.52 Å². The molecule has 42 heavy (non-hydrogen) atoms. The number of hydrogen-bond donors (Lipinski definition) is 4. The molecular formula is C31H42N8O3. The lowest BCUT2D eigenvalue weighted by Gasteiger charge is -2.37. The van der Waals surface area contributed by atoms with E-state index in [1.807, 2.05) is 6.07 Å². The zero-order valence-corrected chi connectivity index (χ0v) is 24.6. The topological polar surface area (TPSA) is 141 Å². The monoisotopic (exact) mass is 574 g/mol. The summed E-state index contributed by atoms with van der Waals surface area (Å²) in [6.07, 6.45) is 7.02. The molecule has 3 heterocycles. The van der Waals surface area contributed by atoms with Crippen molar-refractivity contribution in [3.63, 3.8) is 0 Å². The van der Waals surface area contributed by atoms with Crippen LogP contribution >= 0.6 is 0 Å². The van der Waals surface area contributed by atoms with Crippen LogP contribution in [0.4, 0.5) is 16.6 Å². The van der Waals surface area contributed by atoms with E-state index in [0.29, 0.717) is 43.1 Å². The number of benzene rings is 1. The summed E-state index contributed by atoms with van der Waals surface area (Å²) >= 11 is 0. The van der Waals surface area contributed by atoms with Crippen molar-refractivity contribution in [1.82, 2.24) is 24.8 Å². The third-order valence-electron chi connectivity index (χ3n) is 9.41. The van der Waals surface area contributed by atoms with Crippen LogP contribution in [-0.2, 0) is 11.3 Å². The molecule has 1 amide bonds. The van der Waals surface area contributed by atoms with Crippen LogP contribution in [0.2, 0.25) is 0 Å². The van der Waals surface area contributed by atoms with Crippen molar-refractivity contribution < 1.29 is 14.6 Å². The van der Waals surface area contributed by atoms with E-state index >= 15 is 0 Å². The number of amidine groups is 1. The van der Waals surface area contributed by atoms with E-state index in [9.17, 15) is 9.90 Å². The Morgan fingerprint density at radius 2 is 1.88 bits per heavy atom. The van der Waals surface area contributed by atoms with Gasteiger partial charge in [0.25, 0.3) is 0 Å². The van der Waals surface area contributed by atoms with Gasteiger partial charge in [0, 0.05) is 19.1 Å². The number of nitrogens with zero attached hydrogens (tertiary/aromatic N) is 5. The molecule has 1 saturated heterocycles. The van der Waals surface area contributed by atoms with Gasteiger partial charge < -0.3 is 24.6 Å². The Kier molecular flexibility index (Phi) is 8.28. The van der Waals surface area contributed by atoms with Gasteiger partial charge in [0.15, 0.2) is 23.1 Å². The Balaban J connectivity index is 1.48. The number of rotatable bonds is 8. The molecule has 6 rings (SSSR count). The number of fused-ring (bicyclic) bond motifs is 1. The number of hydrogen-bond acceptors (Lipinski definition) is 8. The van der Waals surface area contributed by atoms with Gasteiger partial charge in [0.2, 0.25) is 5.95 Å². The van der Waals surface area contributed by atoms with E-state index in [-0.39, 0.29) is 23.7 Å². The minimum Gasteiger partial charge on any atom is -0.465 e. The minimum atomic E-state index is -1.32. The molecule has 3 fully saturated rings. The second kappa shape index (κ2) is 12.2. The largest absolute Gasteiger partial charge is 0.465 e. The molecule has 11 heteroatoms. The first-order chi connectivity index (χ1) is 20.4. The fourth-order valence-electron chi connectivity index (χ4n) is 6.63. The highest BCUT2D eigenvalue weighted by Crippen LogP contribution is 2.38. The zero-order chi connectivity index (χ0) is 29.2. The van der Waals surface area contributed by atoms with Crippen molar-refractivity contribution in [2.75, 3.05) is 30.0 Å². The number of carboxylic acid groups (broad SMARTS) is 1. The van der Waals surface area contributed by atoms with Crippen molar-refractivity contribution in [2.24, 2.45) is 17.8 Å². The number of imidazole rings is 1. The third-order valence-corrected chi connectivity index (χ3v) is 9.41. The molecule has 0 unspecified atom stereocenters. The van der Waals surface area contributed by atoms with Crippen LogP contribution in [0.5, 0.6) is 0 Å². The van der Waals surface area contributed by atoms with Crippen LogP contribution in [0.15, 0.2) is 30.3 Å². The predicted molar refractivity (Wildman–Crippen MR) is 162 cm³/mol. The second-order valence-electron chi connectivity index (χ2n) is 12.3. The molecule has 1 aliphatic heterocycles. The summed E-state index contributed by atoms with van der Waals surface area (Å²) in [6, 6.07) is 10.6. The molecule has 224 valence electrons. The van der Waals surface area contributed by atoms with Gasteiger partial charge in [-0.25, -0.2) is 14.8 Å². The highest BCUT2D eigenvalue weighted by Gasteiger charge is 2.33. The summed E-state index contributed by atoms with van der Waals surface area (Å²) in [6.45, 7) is 7.16. The normalized spacial score (nSPS) is 23.8.